The Bertz CT molecular complexity index is 503. The third-order valence-corrected chi connectivity index (χ3v) is 2.22. The van der Waals surface area contributed by atoms with Crippen LogP contribution in [0.5, 0.6) is 5.75 Å². The van der Waals surface area contributed by atoms with Crippen molar-refractivity contribution in [2.75, 3.05) is 12.8 Å². The van der Waals surface area contributed by atoms with Crippen molar-refractivity contribution in [2.45, 2.75) is 0 Å². The molecule has 0 aliphatic carbocycles. The molecule has 0 amide bonds. The molecule has 0 unspecified atom stereocenters. The third kappa shape index (κ3) is 1.77. The van der Waals surface area contributed by atoms with Gasteiger partial charge in [-0.25, -0.2) is 0 Å². The van der Waals surface area contributed by atoms with Crippen LogP contribution in [0.4, 0.5) is 5.69 Å². The summed E-state index contributed by atoms with van der Waals surface area (Å²) < 4.78 is 10.1. The fourth-order valence-electron chi connectivity index (χ4n) is 1.44. The van der Waals surface area contributed by atoms with Gasteiger partial charge >= 0.3 is 0 Å². The lowest BCUT2D eigenvalue weighted by molar-refractivity contribution is 0.101. The lowest BCUT2D eigenvalue weighted by Gasteiger charge is -2.06. The summed E-state index contributed by atoms with van der Waals surface area (Å²) in [6.45, 7) is 0. The van der Waals surface area contributed by atoms with Gasteiger partial charge in [-0.3, -0.25) is 4.79 Å². The number of rotatable bonds is 3. The van der Waals surface area contributed by atoms with Crippen LogP contribution >= 0.6 is 0 Å². The topological polar surface area (TPSA) is 65.5 Å². The number of hydrogen-bond donors (Lipinski definition) is 1. The van der Waals surface area contributed by atoms with Gasteiger partial charge in [0.05, 0.1) is 18.9 Å². The summed E-state index contributed by atoms with van der Waals surface area (Å²) in [4.78, 5) is 12.0. The van der Waals surface area contributed by atoms with E-state index in [0.29, 0.717) is 17.0 Å². The van der Waals surface area contributed by atoms with Gasteiger partial charge in [-0.15, -0.1) is 0 Å². The number of hydrogen-bond acceptors (Lipinski definition) is 4. The maximum Gasteiger partial charge on any atom is 0.231 e. The molecule has 0 aliphatic heterocycles. The molecule has 0 saturated heterocycles. The summed E-state index contributed by atoms with van der Waals surface area (Å²) in [6.07, 6.45) is 1.46. The number of anilines is 1. The average Bonchev–Trinajstić information content (AvgIpc) is 2.81. The molecule has 1 heterocycles. The Hall–Kier alpha value is -2.23. The second-order valence-electron chi connectivity index (χ2n) is 3.27. The molecular weight excluding hydrogens is 206 g/mol. The minimum Gasteiger partial charge on any atom is -0.496 e. The largest absolute Gasteiger partial charge is 0.496 e. The first-order valence-corrected chi connectivity index (χ1v) is 4.74. The van der Waals surface area contributed by atoms with Crippen LogP contribution in [0.15, 0.2) is 41.0 Å². The molecule has 1 aromatic carbocycles. The molecule has 0 spiro atoms. The fourth-order valence-corrected chi connectivity index (χ4v) is 1.44. The van der Waals surface area contributed by atoms with Crippen LogP contribution in [0.3, 0.4) is 0 Å². The van der Waals surface area contributed by atoms with E-state index in [1.54, 1.807) is 30.3 Å². The minimum absolute atomic E-state index is 0.221. The molecule has 1 aromatic heterocycles. The Labute approximate surface area is 92.6 Å². The quantitative estimate of drug-likeness (QED) is 0.631. The fraction of sp³-hybridized carbons (Fsp3) is 0.0833. The van der Waals surface area contributed by atoms with Gasteiger partial charge < -0.3 is 14.9 Å². The summed E-state index contributed by atoms with van der Waals surface area (Å²) in [5.74, 6) is 0.506. The van der Waals surface area contributed by atoms with Gasteiger partial charge in [0.15, 0.2) is 5.76 Å². The van der Waals surface area contributed by atoms with E-state index in [1.807, 2.05) is 0 Å². The number of furan rings is 1. The molecule has 0 fully saturated rings. The van der Waals surface area contributed by atoms with Crippen LogP contribution in [0.25, 0.3) is 0 Å². The molecule has 2 aromatic rings. The Balaban J connectivity index is 2.44. The predicted molar refractivity (Wildman–Crippen MR) is 59.5 cm³/mol. The van der Waals surface area contributed by atoms with Gasteiger partial charge in [-0.1, -0.05) is 0 Å². The first-order valence-electron chi connectivity index (χ1n) is 4.74. The predicted octanol–water partition coefficient (Wildman–Crippen LogP) is 2.10. The second-order valence-corrected chi connectivity index (χ2v) is 3.27. The van der Waals surface area contributed by atoms with E-state index in [1.165, 1.54) is 13.4 Å². The van der Waals surface area contributed by atoms with Crippen LogP contribution < -0.4 is 10.5 Å². The van der Waals surface area contributed by atoms with Crippen molar-refractivity contribution in [1.82, 2.24) is 0 Å². The first kappa shape index (κ1) is 10.3. The Morgan fingerprint density at radius 3 is 2.81 bits per heavy atom. The van der Waals surface area contributed by atoms with Gasteiger partial charge in [0.2, 0.25) is 5.78 Å². The van der Waals surface area contributed by atoms with E-state index in [0.717, 1.165) is 0 Å². The molecule has 2 N–H and O–H groups in total. The van der Waals surface area contributed by atoms with E-state index >= 15 is 0 Å². The maximum atomic E-state index is 12.0. The minimum atomic E-state index is -0.221. The van der Waals surface area contributed by atoms with Gasteiger partial charge in [0.1, 0.15) is 5.75 Å². The van der Waals surface area contributed by atoms with E-state index in [9.17, 15) is 4.79 Å². The van der Waals surface area contributed by atoms with Gasteiger partial charge in [0.25, 0.3) is 0 Å². The standard InChI is InChI=1S/C12H11NO3/c1-15-11-7-8(13)4-5-9(11)12(14)10-3-2-6-16-10/h2-7H,13H2,1H3. The van der Waals surface area contributed by atoms with Gasteiger partial charge in [-0.05, 0) is 24.3 Å². The average molecular weight is 217 g/mol. The summed E-state index contributed by atoms with van der Waals surface area (Å²) in [5, 5.41) is 0. The zero-order chi connectivity index (χ0) is 11.5. The molecule has 82 valence electrons. The summed E-state index contributed by atoms with van der Waals surface area (Å²) >= 11 is 0. The van der Waals surface area contributed by atoms with Crippen molar-refractivity contribution in [3.8, 4) is 5.75 Å². The number of carbonyl (C=O) groups is 1. The second kappa shape index (κ2) is 4.10. The molecule has 2 rings (SSSR count). The van der Waals surface area contributed by atoms with Crippen LogP contribution in [-0.4, -0.2) is 12.9 Å². The Kier molecular flexibility index (Phi) is 2.64. The molecule has 0 saturated carbocycles. The van der Waals surface area contributed by atoms with Crippen molar-refractivity contribution in [3.05, 3.63) is 47.9 Å². The van der Waals surface area contributed by atoms with Crippen molar-refractivity contribution < 1.29 is 13.9 Å². The monoisotopic (exact) mass is 217 g/mol. The van der Waals surface area contributed by atoms with Crippen molar-refractivity contribution in [3.63, 3.8) is 0 Å². The number of benzene rings is 1. The van der Waals surface area contributed by atoms with Crippen molar-refractivity contribution in [1.29, 1.82) is 0 Å². The Morgan fingerprint density at radius 2 is 2.19 bits per heavy atom. The van der Waals surface area contributed by atoms with Crippen LogP contribution in [-0.2, 0) is 0 Å². The highest BCUT2D eigenvalue weighted by molar-refractivity contribution is 6.09. The molecule has 4 nitrogen and oxygen atoms in total. The van der Waals surface area contributed by atoms with Crippen LogP contribution in [0.2, 0.25) is 0 Å². The van der Waals surface area contributed by atoms with Crippen molar-refractivity contribution >= 4 is 11.5 Å². The van der Waals surface area contributed by atoms with E-state index in [2.05, 4.69) is 0 Å². The molecule has 0 radical (unpaired) electrons. The molecule has 0 aliphatic rings. The lowest BCUT2D eigenvalue weighted by Crippen LogP contribution is -2.03. The first-order chi connectivity index (χ1) is 7.72. The summed E-state index contributed by atoms with van der Waals surface area (Å²) in [5.41, 5.74) is 6.59. The molecular formula is C12H11NO3. The van der Waals surface area contributed by atoms with E-state index < -0.39 is 0 Å². The van der Waals surface area contributed by atoms with Gasteiger partial charge in [-0.2, -0.15) is 0 Å². The highest BCUT2D eigenvalue weighted by atomic mass is 16.5. The summed E-state index contributed by atoms with van der Waals surface area (Å²) in [7, 11) is 1.49. The Morgan fingerprint density at radius 1 is 1.38 bits per heavy atom. The molecule has 4 heteroatoms. The summed E-state index contributed by atoms with van der Waals surface area (Å²) in [6, 6.07) is 8.16. The number of nitrogen functional groups attached to an aromatic ring is 1. The molecule has 0 bridgehead atoms. The zero-order valence-electron chi connectivity index (χ0n) is 8.77. The van der Waals surface area contributed by atoms with Crippen LogP contribution in [0, 0.1) is 0 Å². The normalized spacial score (nSPS) is 10.1. The zero-order valence-corrected chi connectivity index (χ0v) is 8.77. The SMILES string of the molecule is COc1cc(N)ccc1C(=O)c1ccco1. The highest BCUT2D eigenvalue weighted by Gasteiger charge is 2.16. The number of methoxy groups -OCH3 is 1. The number of ketones is 1. The number of carbonyl (C=O) groups excluding carboxylic acids is 1. The van der Waals surface area contributed by atoms with Crippen LogP contribution in [0.1, 0.15) is 16.1 Å². The maximum absolute atomic E-state index is 12.0. The van der Waals surface area contributed by atoms with Crippen molar-refractivity contribution in [2.24, 2.45) is 0 Å². The molecule has 0 atom stereocenters. The number of ether oxygens (including phenoxy) is 1. The third-order valence-electron chi connectivity index (χ3n) is 2.22. The smallest absolute Gasteiger partial charge is 0.231 e. The molecule has 16 heavy (non-hydrogen) atoms. The van der Waals surface area contributed by atoms with E-state index in [-0.39, 0.29) is 11.5 Å². The lowest BCUT2D eigenvalue weighted by atomic mass is 10.1. The van der Waals surface area contributed by atoms with Gasteiger partial charge in [0, 0.05) is 11.8 Å². The number of nitrogens with two attached hydrogens (primary N) is 1. The highest BCUT2D eigenvalue weighted by Crippen LogP contribution is 2.24. The van der Waals surface area contributed by atoms with E-state index in [4.69, 9.17) is 14.9 Å².